The number of ether oxygens (including phenoxy) is 1. The van der Waals surface area contributed by atoms with Crippen molar-refractivity contribution in [1.29, 1.82) is 0 Å². The predicted octanol–water partition coefficient (Wildman–Crippen LogP) is 0.619. The van der Waals surface area contributed by atoms with Gasteiger partial charge in [0.25, 0.3) is 0 Å². The van der Waals surface area contributed by atoms with Gasteiger partial charge in [0.2, 0.25) is 0 Å². The number of hydrogen-bond acceptors (Lipinski definition) is 3. The number of carbonyl (C=O) groups is 1. The molecule has 3 nitrogen and oxygen atoms in total. The van der Waals surface area contributed by atoms with E-state index in [4.69, 9.17) is 5.73 Å². The molecular weight excluding hydrogens is 154 g/mol. The summed E-state index contributed by atoms with van der Waals surface area (Å²) in [6.07, 6.45) is 8.56. The van der Waals surface area contributed by atoms with Crippen molar-refractivity contribution < 1.29 is 9.53 Å². The Morgan fingerprint density at radius 1 is 1.58 bits per heavy atom. The van der Waals surface area contributed by atoms with Crippen LogP contribution in [-0.2, 0) is 9.53 Å². The van der Waals surface area contributed by atoms with E-state index in [0.29, 0.717) is 12.3 Å². The van der Waals surface area contributed by atoms with Crippen molar-refractivity contribution in [2.75, 3.05) is 7.11 Å². The van der Waals surface area contributed by atoms with Crippen LogP contribution in [0.15, 0.2) is 24.3 Å². The molecule has 0 bridgehead atoms. The first-order valence-corrected chi connectivity index (χ1v) is 3.92. The monoisotopic (exact) mass is 167 g/mol. The van der Waals surface area contributed by atoms with E-state index in [2.05, 4.69) is 4.74 Å². The lowest BCUT2D eigenvalue weighted by atomic mass is 10.0. The number of hydrogen-bond donors (Lipinski definition) is 1. The minimum atomic E-state index is -0.507. The Hall–Kier alpha value is -1.09. The number of carbonyl (C=O) groups excluding carboxylic acids is 1. The lowest BCUT2D eigenvalue weighted by Crippen LogP contribution is -2.32. The Bertz CT molecular complexity index is 209. The molecule has 0 spiro atoms. The van der Waals surface area contributed by atoms with Gasteiger partial charge < -0.3 is 10.5 Å². The van der Waals surface area contributed by atoms with E-state index >= 15 is 0 Å². The van der Waals surface area contributed by atoms with Crippen LogP contribution in [0.1, 0.15) is 6.42 Å². The van der Waals surface area contributed by atoms with E-state index in [1.165, 1.54) is 7.11 Å². The Balaban J connectivity index is 2.35. The minimum absolute atomic E-state index is 0.291. The summed E-state index contributed by atoms with van der Waals surface area (Å²) in [5.41, 5.74) is 5.57. The number of allylic oxidation sites excluding steroid dienone is 4. The van der Waals surface area contributed by atoms with Crippen LogP contribution >= 0.6 is 0 Å². The molecule has 1 aliphatic rings. The maximum atomic E-state index is 10.9. The van der Waals surface area contributed by atoms with Crippen molar-refractivity contribution in [3.05, 3.63) is 24.3 Å². The zero-order valence-corrected chi connectivity index (χ0v) is 7.07. The molecule has 0 heterocycles. The molecule has 3 heteroatoms. The molecule has 0 saturated carbocycles. The summed E-state index contributed by atoms with van der Waals surface area (Å²) < 4.78 is 4.51. The number of nitrogens with two attached hydrogens (primary N) is 1. The van der Waals surface area contributed by atoms with Gasteiger partial charge in [0.05, 0.1) is 7.11 Å². The molecule has 0 aromatic heterocycles. The maximum Gasteiger partial charge on any atom is 0.322 e. The van der Waals surface area contributed by atoms with Gasteiger partial charge in [-0.3, -0.25) is 4.79 Å². The van der Waals surface area contributed by atoms with Crippen molar-refractivity contribution in [2.45, 2.75) is 12.5 Å². The molecule has 66 valence electrons. The van der Waals surface area contributed by atoms with Crippen molar-refractivity contribution in [3.63, 3.8) is 0 Å². The van der Waals surface area contributed by atoms with Crippen LogP contribution in [-0.4, -0.2) is 19.1 Å². The normalized spacial score (nSPS) is 18.2. The van der Waals surface area contributed by atoms with Gasteiger partial charge >= 0.3 is 5.97 Å². The molecule has 0 aromatic rings. The zero-order chi connectivity index (χ0) is 8.97. The average molecular weight is 167 g/mol. The second-order valence-corrected chi connectivity index (χ2v) is 2.80. The number of methoxy groups -OCH3 is 1. The van der Waals surface area contributed by atoms with Crippen LogP contribution in [0.25, 0.3) is 0 Å². The minimum Gasteiger partial charge on any atom is -0.468 e. The van der Waals surface area contributed by atoms with Crippen molar-refractivity contribution in [1.82, 2.24) is 0 Å². The van der Waals surface area contributed by atoms with Gasteiger partial charge in [-0.2, -0.15) is 0 Å². The summed E-state index contributed by atoms with van der Waals surface area (Å²) in [5.74, 6) is -0.0530. The first-order valence-electron chi connectivity index (χ1n) is 3.92. The molecular formula is C9H13NO2. The maximum absolute atomic E-state index is 10.9. The highest BCUT2D eigenvalue weighted by molar-refractivity contribution is 5.75. The summed E-state index contributed by atoms with van der Waals surface area (Å²) in [5, 5.41) is 0. The van der Waals surface area contributed by atoms with E-state index in [1.54, 1.807) is 0 Å². The SMILES string of the molecule is COC(=O)[C@@H](N)CC1C=CC=C1. The molecule has 0 fully saturated rings. The molecule has 0 radical (unpaired) electrons. The van der Waals surface area contributed by atoms with Gasteiger partial charge in [-0.05, 0) is 12.3 Å². The Morgan fingerprint density at radius 3 is 2.67 bits per heavy atom. The Labute approximate surface area is 71.9 Å². The summed E-state index contributed by atoms with van der Waals surface area (Å²) >= 11 is 0. The van der Waals surface area contributed by atoms with E-state index < -0.39 is 6.04 Å². The van der Waals surface area contributed by atoms with Crippen LogP contribution in [0, 0.1) is 5.92 Å². The standard InChI is InChI=1S/C9H13NO2/c1-12-9(11)8(10)6-7-4-2-3-5-7/h2-5,7-8H,6,10H2,1H3/t8-/m0/s1. The molecule has 0 aliphatic heterocycles. The lowest BCUT2D eigenvalue weighted by molar-refractivity contribution is -0.142. The second kappa shape index (κ2) is 4.07. The molecule has 0 aromatic carbocycles. The molecule has 12 heavy (non-hydrogen) atoms. The van der Waals surface area contributed by atoms with Crippen molar-refractivity contribution in [3.8, 4) is 0 Å². The predicted molar refractivity (Wildman–Crippen MR) is 46.4 cm³/mol. The van der Waals surface area contributed by atoms with Crippen molar-refractivity contribution >= 4 is 5.97 Å². The first-order chi connectivity index (χ1) is 5.74. The Kier molecular flexibility index (Phi) is 3.05. The molecule has 1 atom stereocenters. The highest BCUT2D eigenvalue weighted by atomic mass is 16.5. The van der Waals surface area contributed by atoms with Crippen LogP contribution < -0.4 is 5.73 Å². The summed E-state index contributed by atoms with van der Waals surface area (Å²) in [7, 11) is 1.35. The van der Waals surface area contributed by atoms with E-state index in [-0.39, 0.29) is 5.97 Å². The summed E-state index contributed by atoms with van der Waals surface area (Å²) in [6.45, 7) is 0. The first kappa shape index (κ1) is 9.00. The van der Waals surface area contributed by atoms with Crippen molar-refractivity contribution in [2.24, 2.45) is 11.7 Å². The highest BCUT2D eigenvalue weighted by Crippen LogP contribution is 2.14. The van der Waals surface area contributed by atoms with Gasteiger partial charge in [0, 0.05) is 0 Å². The van der Waals surface area contributed by atoms with Gasteiger partial charge in [0.1, 0.15) is 6.04 Å². The van der Waals surface area contributed by atoms with Crippen LogP contribution in [0.5, 0.6) is 0 Å². The molecule has 1 aliphatic carbocycles. The van der Waals surface area contributed by atoms with E-state index in [9.17, 15) is 4.79 Å². The fraction of sp³-hybridized carbons (Fsp3) is 0.444. The van der Waals surface area contributed by atoms with Crippen LogP contribution in [0.4, 0.5) is 0 Å². The summed E-state index contributed by atoms with van der Waals surface area (Å²) in [4.78, 5) is 10.9. The largest absolute Gasteiger partial charge is 0.468 e. The third-order valence-corrected chi connectivity index (χ3v) is 1.86. The van der Waals surface area contributed by atoms with Gasteiger partial charge in [-0.15, -0.1) is 0 Å². The average Bonchev–Trinajstić information content (AvgIpc) is 2.55. The number of rotatable bonds is 3. The third kappa shape index (κ3) is 2.20. The van der Waals surface area contributed by atoms with Crippen LogP contribution in [0.2, 0.25) is 0 Å². The highest BCUT2D eigenvalue weighted by Gasteiger charge is 2.17. The second-order valence-electron chi connectivity index (χ2n) is 2.80. The fourth-order valence-electron chi connectivity index (χ4n) is 1.18. The van der Waals surface area contributed by atoms with E-state index in [0.717, 1.165) is 0 Å². The fourth-order valence-corrected chi connectivity index (χ4v) is 1.18. The topological polar surface area (TPSA) is 52.3 Å². The molecule has 0 saturated heterocycles. The van der Waals surface area contributed by atoms with Gasteiger partial charge in [-0.1, -0.05) is 24.3 Å². The molecule has 2 N–H and O–H groups in total. The Morgan fingerprint density at radius 2 is 2.17 bits per heavy atom. The molecule has 0 amide bonds. The van der Waals surface area contributed by atoms with E-state index in [1.807, 2.05) is 24.3 Å². The smallest absolute Gasteiger partial charge is 0.322 e. The quantitative estimate of drug-likeness (QED) is 0.627. The number of esters is 1. The molecule has 1 rings (SSSR count). The van der Waals surface area contributed by atoms with Crippen LogP contribution in [0.3, 0.4) is 0 Å². The summed E-state index contributed by atoms with van der Waals surface area (Å²) in [6, 6.07) is -0.507. The third-order valence-electron chi connectivity index (χ3n) is 1.86. The van der Waals surface area contributed by atoms with Gasteiger partial charge in [0.15, 0.2) is 0 Å². The lowest BCUT2D eigenvalue weighted by Gasteiger charge is -2.11. The molecule has 0 unspecified atom stereocenters. The zero-order valence-electron chi connectivity index (χ0n) is 7.07. The van der Waals surface area contributed by atoms with Gasteiger partial charge in [-0.25, -0.2) is 0 Å².